The first-order chi connectivity index (χ1) is 7.22. The number of ether oxygens (including phenoxy) is 1. The van der Waals surface area contributed by atoms with E-state index in [1.165, 1.54) is 0 Å². The van der Waals surface area contributed by atoms with Crippen LogP contribution in [0.4, 0.5) is 0 Å². The van der Waals surface area contributed by atoms with E-state index in [4.69, 9.17) is 15.7 Å². The van der Waals surface area contributed by atoms with E-state index in [-0.39, 0.29) is 5.84 Å². The van der Waals surface area contributed by atoms with E-state index in [0.717, 1.165) is 39.4 Å². The minimum atomic E-state index is 0.250. The van der Waals surface area contributed by atoms with Crippen molar-refractivity contribution in [3.8, 4) is 0 Å². The van der Waals surface area contributed by atoms with Gasteiger partial charge in [-0.3, -0.25) is 9.80 Å². The minimum absolute atomic E-state index is 0.250. The van der Waals surface area contributed by atoms with Gasteiger partial charge in [0.25, 0.3) is 0 Å². The second kappa shape index (κ2) is 6.60. The van der Waals surface area contributed by atoms with Crippen LogP contribution >= 0.6 is 0 Å². The highest BCUT2D eigenvalue weighted by Gasteiger charge is 2.10. The molecule has 0 atom stereocenters. The molecule has 0 aromatic rings. The molecule has 1 rings (SSSR count). The Kier molecular flexibility index (Phi) is 5.38. The van der Waals surface area contributed by atoms with Gasteiger partial charge >= 0.3 is 0 Å². The molecule has 1 aliphatic heterocycles. The highest BCUT2D eigenvalue weighted by molar-refractivity contribution is 5.81. The normalized spacial score (nSPS) is 19.7. The number of morpholine rings is 1. The van der Waals surface area contributed by atoms with Crippen molar-refractivity contribution in [1.82, 2.24) is 9.80 Å². The molecule has 1 aliphatic rings. The number of nitrogens with two attached hydrogens (primary N) is 1. The van der Waals surface area contributed by atoms with E-state index in [2.05, 4.69) is 10.1 Å². The third kappa shape index (κ3) is 4.96. The fraction of sp³-hybridized carbons (Fsp3) is 0.889. The Bertz CT molecular complexity index is 204. The van der Waals surface area contributed by atoms with Gasteiger partial charge in [-0.2, -0.15) is 0 Å². The lowest BCUT2D eigenvalue weighted by molar-refractivity contribution is 0.0350. The molecular weight excluding hydrogens is 196 g/mol. The number of oxime groups is 1. The Morgan fingerprint density at radius 3 is 2.80 bits per heavy atom. The molecule has 0 aliphatic carbocycles. The number of likely N-dealkylation sites (N-methyl/N-ethyl adjacent to an activating group) is 1. The van der Waals surface area contributed by atoms with Crippen LogP contribution in [0.5, 0.6) is 0 Å². The Hall–Kier alpha value is -0.850. The third-order valence-corrected chi connectivity index (χ3v) is 2.46. The van der Waals surface area contributed by atoms with E-state index in [1.807, 2.05) is 11.9 Å². The predicted octanol–water partition coefficient (Wildman–Crippen LogP) is -1.00. The maximum absolute atomic E-state index is 8.41. The summed E-state index contributed by atoms with van der Waals surface area (Å²) in [5, 5.41) is 11.4. The van der Waals surface area contributed by atoms with Gasteiger partial charge in [0.1, 0.15) is 0 Å². The lowest BCUT2D eigenvalue weighted by Gasteiger charge is -2.28. The summed E-state index contributed by atoms with van der Waals surface area (Å²) in [6, 6.07) is 0. The van der Waals surface area contributed by atoms with Crippen LogP contribution in [0.1, 0.15) is 0 Å². The van der Waals surface area contributed by atoms with E-state index >= 15 is 0 Å². The number of nitrogens with zero attached hydrogens (tertiary/aromatic N) is 3. The van der Waals surface area contributed by atoms with Gasteiger partial charge in [0.15, 0.2) is 5.84 Å². The van der Waals surface area contributed by atoms with Crippen LogP contribution in [0.15, 0.2) is 5.16 Å². The molecule has 1 fully saturated rings. The van der Waals surface area contributed by atoms with Crippen molar-refractivity contribution in [2.24, 2.45) is 10.9 Å². The number of hydrogen-bond donors (Lipinski definition) is 2. The van der Waals surface area contributed by atoms with E-state index in [9.17, 15) is 0 Å². The summed E-state index contributed by atoms with van der Waals surface area (Å²) in [4.78, 5) is 4.39. The molecule has 15 heavy (non-hydrogen) atoms. The Morgan fingerprint density at radius 1 is 1.53 bits per heavy atom. The van der Waals surface area contributed by atoms with Crippen LogP contribution in [0.3, 0.4) is 0 Å². The zero-order chi connectivity index (χ0) is 11.1. The largest absolute Gasteiger partial charge is 0.409 e. The van der Waals surface area contributed by atoms with Crippen LogP contribution in [-0.4, -0.2) is 73.8 Å². The van der Waals surface area contributed by atoms with Crippen LogP contribution in [0.2, 0.25) is 0 Å². The summed E-state index contributed by atoms with van der Waals surface area (Å²) in [5.41, 5.74) is 5.41. The average Bonchev–Trinajstić information content (AvgIpc) is 2.27. The molecule has 1 saturated heterocycles. The lowest BCUT2D eigenvalue weighted by atomic mass is 10.4. The summed E-state index contributed by atoms with van der Waals surface area (Å²) >= 11 is 0. The van der Waals surface area contributed by atoms with E-state index < -0.39 is 0 Å². The first kappa shape index (κ1) is 12.2. The maximum atomic E-state index is 8.41. The quantitative estimate of drug-likeness (QED) is 0.267. The van der Waals surface area contributed by atoms with E-state index in [1.54, 1.807) is 0 Å². The molecule has 0 amide bonds. The lowest BCUT2D eigenvalue weighted by Crippen LogP contribution is -2.42. The predicted molar refractivity (Wildman–Crippen MR) is 58.2 cm³/mol. The number of amidine groups is 1. The van der Waals surface area contributed by atoms with Gasteiger partial charge in [-0.25, -0.2) is 0 Å². The molecule has 0 radical (unpaired) electrons. The zero-order valence-electron chi connectivity index (χ0n) is 9.22. The zero-order valence-corrected chi connectivity index (χ0v) is 9.22. The van der Waals surface area contributed by atoms with E-state index in [0.29, 0.717) is 6.54 Å². The number of hydrogen-bond acceptors (Lipinski definition) is 5. The molecule has 6 nitrogen and oxygen atoms in total. The highest BCUT2D eigenvalue weighted by atomic mass is 16.5. The van der Waals surface area contributed by atoms with Gasteiger partial charge in [-0.1, -0.05) is 5.16 Å². The maximum Gasteiger partial charge on any atom is 0.153 e. The molecule has 0 aromatic heterocycles. The first-order valence-electron chi connectivity index (χ1n) is 5.17. The summed E-state index contributed by atoms with van der Waals surface area (Å²) in [6.45, 7) is 6.05. The molecule has 88 valence electrons. The molecule has 0 saturated carbocycles. The topological polar surface area (TPSA) is 74.3 Å². The number of rotatable bonds is 5. The Balaban J connectivity index is 2.12. The smallest absolute Gasteiger partial charge is 0.153 e. The monoisotopic (exact) mass is 216 g/mol. The molecule has 6 heteroatoms. The minimum Gasteiger partial charge on any atom is -0.409 e. The first-order valence-corrected chi connectivity index (χ1v) is 5.17. The molecule has 1 heterocycles. The standard InChI is InChI=1S/C9H20N4O2/c1-12(8-9(10)11-14)2-3-13-4-6-15-7-5-13/h14H,2-8H2,1H3,(H2,10,11). The third-order valence-electron chi connectivity index (χ3n) is 2.46. The fourth-order valence-corrected chi connectivity index (χ4v) is 1.52. The van der Waals surface area contributed by atoms with Gasteiger partial charge in [-0.05, 0) is 7.05 Å². The second-order valence-electron chi connectivity index (χ2n) is 3.78. The molecule has 0 spiro atoms. The van der Waals surface area contributed by atoms with Crippen molar-refractivity contribution in [3.05, 3.63) is 0 Å². The Morgan fingerprint density at radius 2 is 2.20 bits per heavy atom. The highest BCUT2D eigenvalue weighted by Crippen LogP contribution is 1.96. The second-order valence-corrected chi connectivity index (χ2v) is 3.78. The van der Waals surface area contributed by atoms with Crippen molar-refractivity contribution in [1.29, 1.82) is 0 Å². The molecule has 3 N–H and O–H groups in total. The summed E-state index contributed by atoms with van der Waals surface area (Å²) in [7, 11) is 1.96. The molecular formula is C9H20N4O2. The van der Waals surface area contributed by atoms with Gasteiger partial charge in [0.05, 0.1) is 19.8 Å². The summed E-state index contributed by atoms with van der Waals surface area (Å²) in [5.74, 6) is 0.250. The fourth-order valence-electron chi connectivity index (χ4n) is 1.52. The van der Waals surface area contributed by atoms with Crippen LogP contribution in [0.25, 0.3) is 0 Å². The van der Waals surface area contributed by atoms with Crippen LogP contribution in [-0.2, 0) is 4.74 Å². The van der Waals surface area contributed by atoms with Crippen molar-refractivity contribution < 1.29 is 9.94 Å². The van der Waals surface area contributed by atoms with Gasteiger partial charge in [0, 0.05) is 26.2 Å². The van der Waals surface area contributed by atoms with Crippen molar-refractivity contribution >= 4 is 5.84 Å². The van der Waals surface area contributed by atoms with Crippen molar-refractivity contribution in [2.75, 3.05) is 53.0 Å². The van der Waals surface area contributed by atoms with Crippen molar-refractivity contribution in [3.63, 3.8) is 0 Å². The summed E-state index contributed by atoms with van der Waals surface area (Å²) < 4.78 is 5.26. The van der Waals surface area contributed by atoms with Gasteiger partial charge in [-0.15, -0.1) is 0 Å². The molecule has 0 unspecified atom stereocenters. The SMILES string of the molecule is CN(CCN1CCOCC1)CC(N)=NO. The summed E-state index contributed by atoms with van der Waals surface area (Å²) in [6.07, 6.45) is 0. The van der Waals surface area contributed by atoms with Crippen molar-refractivity contribution in [2.45, 2.75) is 0 Å². The van der Waals surface area contributed by atoms with Gasteiger partial charge < -0.3 is 15.7 Å². The molecule has 0 bridgehead atoms. The molecule has 0 aromatic carbocycles. The Labute approximate surface area is 90.3 Å². The van der Waals surface area contributed by atoms with Crippen LogP contribution < -0.4 is 5.73 Å². The van der Waals surface area contributed by atoms with Crippen LogP contribution in [0, 0.1) is 0 Å². The average molecular weight is 216 g/mol. The van der Waals surface area contributed by atoms with Gasteiger partial charge in [0.2, 0.25) is 0 Å².